The molecule has 4 rings (SSSR count). The molecule has 4 aromatic rings. The molecule has 172 valence electrons. The van der Waals surface area contributed by atoms with E-state index in [1.54, 1.807) is 39.7 Å². The molecule has 0 fully saturated rings. The Morgan fingerprint density at radius 1 is 0.909 bits per heavy atom. The predicted molar refractivity (Wildman–Crippen MR) is 124 cm³/mol. The van der Waals surface area contributed by atoms with Gasteiger partial charge in [0.1, 0.15) is 16.8 Å². The van der Waals surface area contributed by atoms with Crippen LogP contribution in [0.1, 0.15) is 11.3 Å². The first-order valence-corrected chi connectivity index (χ1v) is 10.5. The summed E-state index contributed by atoms with van der Waals surface area (Å²) in [6.07, 6.45) is 1.80. The molecule has 0 amide bonds. The van der Waals surface area contributed by atoms with Crippen LogP contribution < -0.4 is 14.2 Å². The molecule has 2 aromatic heterocycles. The van der Waals surface area contributed by atoms with Crippen LogP contribution in [0.15, 0.2) is 59.1 Å². The molecule has 0 saturated heterocycles. The van der Waals surface area contributed by atoms with Gasteiger partial charge in [0.05, 0.1) is 19.9 Å². The molecule has 0 spiro atoms. The van der Waals surface area contributed by atoms with Gasteiger partial charge in [0.15, 0.2) is 23.9 Å². The van der Waals surface area contributed by atoms with E-state index in [2.05, 4.69) is 23.0 Å². The predicted octanol–water partition coefficient (Wildman–Crippen LogP) is 4.52. The van der Waals surface area contributed by atoms with Gasteiger partial charge in [0.25, 0.3) is 0 Å². The number of ether oxygens (including phenoxy) is 4. The van der Waals surface area contributed by atoms with Gasteiger partial charge in [-0.1, -0.05) is 18.2 Å². The van der Waals surface area contributed by atoms with E-state index in [0.717, 1.165) is 23.3 Å². The summed E-state index contributed by atoms with van der Waals surface area (Å²) < 4.78 is 28.1. The van der Waals surface area contributed by atoms with Crippen LogP contribution >= 0.6 is 0 Å². The summed E-state index contributed by atoms with van der Waals surface area (Å²) in [5.41, 5.74) is 4.08. The molecular weight excluding hydrogens is 422 g/mol. The molecule has 0 aliphatic heterocycles. The molecule has 0 N–H and O–H groups in total. The van der Waals surface area contributed by atoms with Crippen LogP contribution in [-0.2, 0) is 17.8 Å². The molecule has 0 radical (unpaired) electrons. The van der Waals surface area contributed by atoms with Gasteiger partial charge in [-0.3, -0.25) is 9.88 Å². The largest absolute Gasteiger partial charge is 0.493 e. The number of oxazole rings is 1. The van der Waals surface area contributed by atoms with Gasteiger partial charge in [-0.2, -0.15) is 0 Å². The van der Waals surface area contributed by atoms with E-state index < -0.39 is 0 Å². The van der Waals surface area contributed by atoms with Crippen LogP contribution in [0, 0.1) is 0 Å². The summed E-state index contributed by atoms with van der Waals surface area (Å²) in [7, 11) is 6.77. The lowest BCUT2D eigenvalue weighted by Gasteiger charge is -2.16. The monoisotopic (exact) mass is 449 g/mol. The Labute approximate surface area is 192 Å². The molecule has 0 bridgehead atoms. The number of para-hydroxylation sites is 1. The van der Waals surface area contributed by atoms with Gasteiger partial charge >= 0.3 is 0 Å². The lowest BCUT2D eigenvalue weighted by atomic mass is 10.1. The lowest BCUT2D eigenvalue weighted by Crippen LogP contribution is -2.18. The van der Waals surface area contributed by atoms with Crippen molar-refractivity contribution in [2.45, 2.75) is 13.1 Å². The molecule has 8 nitrogen and oxygen atoms in total. The van der Waals surface area contributed by atoms with Crippen molar-refractivity contribution in [3.05, 3.63) is 66.0 Å². The molecule has 0 aliphatic rings. The minimum absolute atomic E-state index is 0.0757. The quantitative estimate of drug-likeness (QED) is 0.327. The lowest BCUT2D eigenvalue weighted by molar-refractivity contribution is 0.0512. The number of hydrogen-bond acceptors (Lipinski definition) is 8. The number of rotatable bonds is 10. The van der Waals surface area contributed by atoms with Crippen LogP contribution in [0.2, 0.25) is 0 Å². The van der Waals surface area contributed by atoms with Gasteiger partial charge in [-0.05, 0) is 42.9 Å². The fraction of sp³-hybridized carbons (Fsp3) is 0.280. The van der Waals surface area contributed by atoms with E-state index in [0.29, 0.717) is 40.8 Å². The standard InChI is InChI=1S/C25H27N3O5/c1-28(15-18-9-5-6-13-26-18)14-17-8-7-10-20-23(17)27-25(33-20)22-19(32-16-29-2)11-12-21(30-3)24(22)31-4/h5-13H,14-16H2,1-4H3. The minimum Gasteiger partial charge on any atom is -0.493 e. The molecule has 0 saturated carbocycles. The summed E-state index contributed by atoms with van der Waals surface area (Å²) in [5.74, 6) is 1.93. The molecule has 0 unspecified atom stereocenters. The molecule has 0 atom stereocenters. The average molecular weight is 450 g/mol. The smallest absolute Gasteiger partial charge is 0.235 e. The van der Waals surface area contributed by atoms with Crippen molar-refractivity contribution in [2.24, 2.45) is 0 Å². The van der Waals surface area contributed by atoms with E-state index >= 15 is 0 Å². The van der Waals surface area contributed by atoms with E-state index in [1.807, 2.05) is 30.3 Å². The molecule has 0 aliphatic carbocycles. The van der Waals surface area contributed by atoms with Crippen LogP contribution in [0.4, 0.5) is 0 Å². The summed E-state index contributed by atoms with van der Waals surface area (Å²) >= 11 is 0. The van der Waals surface area contributed by atoms with Crippen molar-refractivity contribution in [3.8, 4) is 28.7 Å². The summed E-state index contributed by atoms with van der Waals surface area (Å²) in [4.78, 5) is 11.4. The number of benzene rings is 2. The average Bonchev–Trinajstić information content (AvgIpc) is 3.27. The normalized spacial score (nSPS) is 11.2. The molecule has 2 aromatic carbocycles. The Balaban J connectivity index is 1.72. The molecule has 2 heterocycles. The first-order valence-electron chi connectivity index (χ1n) is 10.5. The number of pyridine rings is 1. The van der Waals surface area contributed by atoms with Crippen LogP contribution in [0.3, 0.4) is 0 Å². The SMILES string of the molecule is COCOc1ccc(OC)c(OC)c1-c1nc2c(CN(C)Cc3ccccn3)cccc2o1. The Kier molecular flexibility index (Phi) is 7.07. The van der Waals surface area contributed by atoms with Crippen molar-refractivity contribution in [1.29, 1.82) is 0 Å². The van der Waals surface area contributed by atoms with E-state index in [9.17, 15) is 0 Å². The first kappa shape index (κ1) is 22.6. The second-order valence-corrected chi connectivity index (χ2v) is 7.50. The second kappa shape index (κ2) is 10.3. The first-order chi connectivity index (χ1) is 16.1. The van der Waals surface area contributed by atoms with E-state index in [1.165, 1.54) is 0 Å². The highest BCUT2D eigenvalue weighted by molar-refractivity contribution is 5.83. The molecule has 33 heavy (non-hydrogen) atoms. The van der Waals surface area contributed by atoms with Gasteiger partial charge in [-0.15, -0.1) is 0 Å². The fourth-order valence-corrected chi connectivity index (χ4v) is 3.71. The third-order valence-corrected chi connectivity index (χ3v) is 5.15. The van der Waals surface area contributed by atoms with Gasteiger partial charge in [0.2, 0.25) is 5.89 Å². The van der Waals surface area contributed by atoms with Gasteiger partial charge < -0.3 is 23.4 Å². The maximum atomic E-state index is 6.16. The maximum absolute atomic E-state index is 6.16. The summed E-state index contributed by atoms with van der Waals surface area (Å²) in [5, 5.41) is 0. The third-order valence-electron chi connectivity index (χ3n) is 5.15. The maximum Gasteiger partial charge on any atom is 0.235 e. The van der Waals surface area contributed by atoms with Crippen molar-refractivity contribution in [1.82, 2.24) is 14.9 Å². The molecule has 8 heteroatoms. The highest BCUT2D eigenvalue weighted by atomic mass is 16.7. The third kappa shape index (κ3) is 4.92. The Bertz CT molecular complexity index is 1210. The van der Waals surface area contributed by atoms with Gasteiger partial charge in [0, 0.05) is 26.4 Å². The fourth-order valence-electron chi connectivity index (χ4n) is 3.71. The number of nitrogens with zero attached hydrogens (tertiary/aromatic N) is 3. The Morgan fingerprint density at radius 2 is 1.76 bits per heavy atom. The van der Waals surface area contributed by atoms with Crippen molar-refractivity contribution >= 4 is 11.1 Å². The van der Waals surface area contributed by atoms with Crippen LogP contribution in [0.25, 0.3) is 22.6 Å². The Hall–Kier alpha value is -3.62. The van der Waals surface area contributed by atoms with E-state index in [4.69, 9.17) is 28.3 Å². The van der Waals surface area contributed by atoms with E-state index in [-0.39, 0.29) is 6.79 Å². The summed E-state index contributed by atoms with van der Waals surface area (Å²) in [6, 6.07) is 15.4. The van der Waals surface area contributed by atoms with Crippen LogP contribution in [0.5, 0.6) is 17.2 Å². The van der Waals surface area contributed by atoms with Crippen molar-refractivity contribution in [2.75, 3.05) is 35.2 Å². The second-order valence-electron chi connectivity index (χ2n) is 7.50. The van der Waals surface area contributed by atoms with Gasteiger partial charge in [-0.25, -0.2) is 4.98 Å². The summed E-state index contributed by atoms with van der Waals surface area (Å²) in [6.45, 7) is 1.48. The highest BCUT2D eigenvalue weighted by Gasteiger charge is 2.23. The number of fused-ring (bicyclic) bond motifs is 1. The zero-order valence-corrected chi connectivity index (χ0v) is 19.2. The zero-order valence-electron chi connectivity index (χ0n) is 19.2. The van der Waals surface area contributed by atoms with Crippen molar-refractivity contribution < 1.29 is 23.4 Å². The number of hydrogen-bond donors (Lipinski definition) is 0. The number of aromatic nitrogens is 2. The topological polar surface area (TPSA) is 79.1 Å². The zero-order chi connectivity index (χ0) is 23.2. The highest BCUT2D eigenvalue weighted by Crippen LogP contribution is 2.45. The van der Waals surface area contributed by atoms with Crippen LogP contribution in [-0.4, -0.2) is 50.0 Å². The van der Waals surface area contributed by atoms with Crippen molar-refractivity contribution in [3.63, 3.8) is 0 Å². The molecular formula is C25H27N3O5. The number of methoxy groups -OCH3 is 3. The Morgan fingerprint density at radius 3 is 2.48 bits per heavy atom. The minimum atomic E-state index is 0.0757.